The second-order valence-electron chi connectivity index (χ2n) is 8.46. The second-order valence-corrected chi connectivity index (χ2v) is 8.85. The zero-order chi connectivity index (χ0) is 24.9. The Morgan fingerprint density at radius 1 is 1.03 bits per heavy atom. The molecular formula is C28H27N5O2S. The standard InChI is InChI=1S/C28H27N5O2S/c1-35-24-15-6-5-13-22(24)32-18-9-14-23(32)27-26(21-12-7-8-17-29-21)31-28(36)33(27)19-16-25(34)30-20-10-3-2-4-11-20/h2-15,17-18,26-27H,16,19H2,1H3,(H,30,34)(H,31,36)/t26-,27+/m0/s1. The summed E-state index contributed by atoms with van der Waals surface area (Å²) < 4.78 is 7.76. The molecule has 4 aromatic rings. The number of rotatable bonds is 8. The zero-order valence-electron chi connectivity index (χ0n) is 19.9. The first-order chi connectivity index (χ1) is 17.7. The molecule has 8 heteroatoms. The van der Waals surface area contributed by atoms with E-state index in [0.717, 1.165) is 28.5 Å². The summed E-state index contributed by atoms with van der Waals surface area (Å²) in [7, 11) is 1.67. The summed E-state index contributed by atoms with van der Waals surface area (Å²) in [6.45, 7) is 0.454. The minimum absolute atomic E-state index is 0.0656. The lowest BCUT2D eigenvalue weighted by molar-refractivity contribution is -0.116. The van der Waals surface area contributed by atoms with Crippen LogP contribution in [0.4, 0.5) is 5.69 Å². The molecule has 0 saturated carbocycles. The minimum Gasteiger partial charge on any atom is -0.495 e. The van der Waals surface area contributed by atoms with Crippen molar-refractivity contribution >= 4 is 28.9 Å². The van der Waals surface area contributed by atoms with Crippen LogP contribution in [0.1, 0.15) is 29.9 Å². The van der Waals surface area contributed by atoms with Crippen LogP contribution in [0.2, 0.25) is 0 Å². The number of pyridine rings is 1. The number of carbonyl (C=O) groups excluding carboxylic acids is 1. The average molecular weight is 498 g/mol. The summed E-state index contributed by atoms with van der Waals surface area (Å²) in [6, 6.07) is 27.0. The molecule has 0 radical (unpaired) electrons. The third-order valence-corrected chi connectivity index (χ3v) is 6.62. The van der Waals surface area contributed by atoms with Crippen LogP contribution in [0.3, 0.4) is 0 Å². The van der Waals surface area contributed by atoms with Gasteiger partial charge in [0.25, 0.3) is 0 Å². The predicted octanol–water partition coefficient (Wildman–Crippen LogP) is 4.88. The highest BCUT2D eigenvalue weighted by atomic mass is 32.1. The van der Waals surface area contributed by atoms with Gasteiger partial charge in [-0.05, 0) is 60.7 Å². The maximum atomic E-state index is 12.8. The number of nitrogens with zero attached hydrogens (tertiary/aromatic N) is 3. The number of aromatic nitrogens is 2. The van der Waals surface area contributed by atoms with E-state index >= 15 is 0 Å². The molecule has 2 aromatic carbocycles. The molecule has 2 N–H and O–H groups in total. The third kappa shape index (κ3) is 4.81. The summed E-state index contributed by atoms with van der Waals surface area (Å²) in [5.41, 5.74) is 3.61. The van der Waals surface area contributed by atoms with Crippen LogP contribution in [0, 0.1) is 0 Å². The van der Waals surface area contributed by atoms with E-state index in [-0.39, 0.29) is 24.4 Å². The minimum atomic E-state index is -0.183. The van der Waals surface area contributed by atoms with Gasteiger partial charge in [-0.3, -0.25) is 9.78 Å². The highest BCUT2D eigenvalue weighted by molar-refractivity contribution is 7.80. The summed E-state index contributed by atoms with van der Waals surface area (Å²) >= 11 is 5.78. The highest BCUT2D eigenvalue weighted by Gasteiger charge is 2.41. The molecule has 1 aliphatic rings. The Hall–Kier alpha value is -4.17. The maximum absolute atomic E-state index is 12.8. The fraction of sp³-hybridized carbons (Fsp3) is 0.179. The van der Waals surface area contributed by atoms with E-state index in [1.165, 1.54) is 0 Å². The van der Waals surface area contributed by atoms with E-state index in [0.29, 0.717) is 11.7 Å². The quantitative estimate of drug-likeness (QED) is 0.338. The first-order valence-electron chi connectivity index (χ1n) is 11.8. The number of methoxy groups -OCH3 is 1. The summed E-state index contributed by atoms with van der Waals surface area (Å²) in [6.07, 6.45) is 4.09. The molecule has 3 heterocycles. The van der Waals surface area contributed by atoms with Gasteiger partial charge in [-0.2, -0.15) is 0 Å². The van der Waals surface area contributed by atoms with E-state index in [1.54, 1.807) is 13.3 Å². The van der Waals surface area contributed by atoms with E-state index in [4.69, 9.17) is 17.0 Å². The molecule has 182 valence electrons. The predicted molar refractivity (Wildman–Crippen MR) is 144 cm³/mol. The first kappa shape index (κ1) is 23.6. The number of para-hydroxylation sites is 3. The molecule has 0 aliphatic carbocycles. The lowest BCUT2D eigenvalue weighted by Gasteiger charge is -2.29. The van der Waals surface area contributed by atoms with Crippen LogP contribution in [0.25, 0.3) is 5.69 Å². The molecule has 7 nitrogen and oxygen atoms in total. The van der Waals surface area contributed by atoms with Gasteiger partial charge in [0.15, 0.2) is 5.11 Å². The van der Waals surface area contributed by atoms with Crippen molar-refractivity contribution in [3.05, 3.63) is 109 Å². The van der Waals surface area contributed by atoms with E-state index in [9.17, 15) is 4.79 Å². The lowest BCUT2D eigenvalue weighted by Crippen LogP contribution is -2.33. The van der Waals surface area contributed by atoms with Gasteiger partial charge in [-0.25, -0.2) is 0 Å². The van der Waals surface area contributed by atoms with E-state index in [2.05, 4.69) is 31.2 Å². The number of hydrogen-bond acceptors (Lipinski definition) is 4. The molecule has 2 aromatic heterocycles. The molecule has 1 aliphatic heterocycles. The van der Waals surface area contributed by atoms with E-state index < -0.39 is 0 Å². The molecule has 1 saturated heterocycles. The molecule has 36 heavy (non-hydrogen) atoms. The number of thiocarbonyl (C=S) groups is 1. The summed E-state index contributed by atoms with van der Waals surface area (Å²) in [5, 5.41) is 7.01. The number of ether oxygens (including phenoxy) is 1. The van der Waals surface area contributed by atoms with Crippen molar-refractivity contribution in [2.75, 3.05) is 19.0 Å². The van der Waals surface area contributed by atoms with Crippen molar-refractivity contribution in [3.8, 4) is 11.4 Å². The van der Waals surface area contributed by atoms with E-state index in [1.807, 2.05) is 85.1 Å². The lowest BCUT2D eigenvalue weighted by atomic mass is 10.0. The number of anilines is 1. The van der Waals surface area contributed by atoms with Crippen molar-refractivity contribution in [1.82, 2.24) is 19.8 Å². The number of hydrogen-bond donors (Lipinski definition) is 2. The van der Waals surface area contributed by atoms with Gasteiger partial charge in [0, 0.05) is 36.7 Å². The van der Waals surface area contributed by atoms with Crippen LogP contribution >= 0.6 is 12.2 Å². The monoisotopic (exact) mass is 497 g/mol. The molecule has 0 spiro atoms. The van der Waals surface area contributed by atoms with Gasteiger partial charge in [0.05, 0.1) is 30.6 Å². The zero-order valence-corrected chi connectivity index (χ0v) is 20.7. The number of amides is 1. The Bertz CT molecular complexity index is 1340. The molecule has 2 atom stereocenters. The maximum Gasteiger partial charge on any atom is 0.226 e. The van der Waals surface area contributed by atoms with Crippen molar-refractivity contribution in [3.63, 3.8) is 0 Å². The molecule has 1 fully saturated rings. The van der Waals surface area contributed by atoms with Crippen LogP contribution in [0.15, 0.2) is 97.3 Å². The average Bonchev–Trinajstić information content (AvgIpc) is 3.52. The fourth-order valence-corrected chi connectivity index (χ4v) is 4.95. The molecular weight excluding hydrogens is 470 g/mol. The first-order valence-corrected chi connectivity index (χ1v) is 12.2. The summed E-state index contributed by atoms with van der Waals surface area (Å²) in [5.74, 6) is 0.704. The second kappa shape index (κ2) is 10.6. The molecule has 0 bridgehead atoms. The van der Waals surface area contributed by atoms with Crippen LogP contribution in [-0.2, 0) is 4.79 Å². The van der Waals surface area contributed by atoms with Gasteiger partial charge < -0.3 is 24.8 Å². The Labute approximate surface area is 215 Å². The number of benzene rings is 2. The fourth-order valence-electron chi connectivity index (χ4n) is 4.62. The molecule has 5 rings (SSSR count). The Balaban J connectivity index is 1.47. The smallest absolute Gasteiger partial charge is 0.226 e. The van der Waals surface area contributed by atoms with Gasteiger partial charge in [0.2, 0.25) is 5.91 Å². The van der Waals surface area contributed by atoms with Crippen molar-refractivity contribution in [2.45, 2.75) is 18.5 Å². The van der Waals surface area contributed by atoms with Gasteiger partial charge >= 0.3 is 0 Å². The van der Waals surface area contributed by atoms with Crippen molar-refractivity contribution < 1.29 is 9.53 Å². The van der Waals surface area contributed by atoms with Gasteiger partial charge in [-0.15, -0.1) is 0 Å². The third-order valence-electron chi connectivity index (χ3n) is 6.26. The van der Waals surface area contributed by atoms with Gasteiger partial charge in [-0.1, -0.05) is 36.4 Å². The normalized spacial score (nSPS) is 17.0. The topological polar surface area (TPSA) is 71.4 Å². The summed E-state index contributed by atoms with van der Waals surface area (Å²) in [4.78, 5) is 19.5. The Kier molecular flexibility index (Phi) is 6.95. The van der Waals surface area contributed by atoms with Crippen LogP contribution in [-0.4, -0.2) is 39.1 Å². The SMILES string of the molecule is COc1ccccc1-n1cccc1[C@@H]1[C@H](c2ccccn2)NC(=S)N1CCC(=O)Nc1ccccc1. The van der Waals surface area contributed by atoms with Crippen LogP contribution in [0.5, 0.6) is 5.75 Å². The van der Waals surface area contributed by atoms with Crippen molar-refractivity contribution in [1.29, 1.82) is 0 Å². The van der Waals surface area contributed by atoms with Crippen molar-refractivity contribution in [2.24, 2.45) is 0 Å². The van der Waals surface area contributed by atoms with Gasteiger partial charge in [0.1, 0.15) is 5.75 Å². The number of nitrogens with one attached hydrogen (secondary N) is 2. The van der Waals surface area contributed by atoms with Crippen LogP contribution < -0.4 is 15.4 Å². The molecule has 1 amide bonds. The number of carbonyl (C=O) groups is 1. The molecule has 0 unspecified atom stereocenters. The Morgan fingerprint density at radius 2 is 1.81 bits per heavy atom. The Morgan fingerprint density at radius 3 is 2.58 bits per heavy atom. The largest absolute Gasteiger partial charge is 0.495 e. The highest BCUT2D eigenvalue weighted by Crippen LogP contribution is 2.40.